The summed E-state index contributed by atoms with van der Waals surface area (Å²) in [5.74, 6) is 4.67. The highest BCUT2D eigenvalue weighted by Crippen LogP contribution is 2.29. The summed E-state index contributed by atoms with van der Waals surface area (Å²) < 4.78 is 2.05. The second-order valence-electron chi connectivity index (χ2n) is 5.76. The van der Waals surface area contributed by atoms with Gasteiger partial charge in [0.05, 0.1) is 5.69 Å². The molecule has 3 heterocycles. The van der Waals surface area contributed by atoms with Gasteiger partial charge in [-0.05, 0) is 13.8 Å². The molecule has 2 aromatic rings. The fourth-order valence-electron chi connectivity index (χ4n) is 2.71. The minimum Gasteiger partial charge on any atom is -0.353 e. The molecule has 6 heteroatoms. The van der Waals surface area contributed by atoms with Crippen LogP contribution in [-0.2, 0) is 6.54 Å². The van der Waals surface area contributed by atoms with Crippen molar-refractivity contribution < 1.29 is 0 Å². The van der Waals surface area contributed by atoms with Gasteiger partial charge in [0, 0.05) is 37.1 Å². The van der Waals surface area contributed by atoms with Crippen molar-refractivity contribution in [2.45, 2.75) is 40.2 Å². The molecule has 0 bridgehead atoms. The molecule has 1 aliphatic heterocycles. The van der Waals surface area contributed by atoms with Crippen molar-refractivity contribution >= 4 is 28.6 Å². The number of thioether (sulfide) groups is 1. The average molecular weight is 305 g/mol. The van der Waals surface area contributed by atoms with Crippen LogP contribution >= 0.6 is 11.8 Å². The summed E-state index contributed by atoms with van der Waals surface area (Å²) in [4.78, 5) is 12.1. The van der Waals surface area contributed by atoms with E-state index in [1.165, 1.54) is 11.5 Å². The van der Waals surface area contributed by atoms with Crippen molar-refractivity contribution in [3.05, 3.63) is 11.5 Å². The highest BCUT2D eigenvalue weighted by molar-refractivity contribution is 7.99. The smallest absolute Gasteiger partial charge is 0.158 e. The summed E-state index contributed by atoms with van der Waals surface area (Å²) >= 11 is 2.02. The van der Waals surface area contributed by atoms with E-state index in [2.05, 4.69) is 30.8 Å². The van der Waals surface area contributed by atoms with Crippen LogP contribution in [0.2, 0.25) is 0 Å². The van der Waals surface area contributed by atoms with Gasteiger partial charge in [-0.2, -0.15) is 16.9 Å². The van der Waals surface area contributed by atoms with Gasteiger partial charge in [0.1, 0.15) is 16.9 Å². The zero-order chi connectivity index (χ0) is 15.0. The first-order valence-corrected chi connectivity index (χ1v) is 8.85. The topological polar surface area (TPSA) is 46.8 Å². The van der Waals surface area contributed by atoms with Crippen LogP contribution in [0.4, 0.5) is 5.82 Å². The van der Waals surface area contributed by atoms with E-state index >= 15 is 0 Å². The van der Waals surface area contributed by atoms with Crippen LogP contribution < -0.4 is 4.90 Å². The minimum absolute atomic E-state index is 0.330. The third kappa shape index (κ3) is 2.61. The van der Waals surface area contributed by atoms with E-state index in [9.17, 15) is 0 Å². The van der Waals surface area contributed by atoms with Crippen molar-refractivity contribution in [2.75, 3.05) is 29.5 Å². The SMILES string of the molecule is CCn1nc(C)c2nc(C(C)C)nc(N3CCSCC3)c21. The largest absolute Gasteiger partial charge is 0.353 e. The number of hydrogen-bond acceptors (Lipinski definition) is 5. The molecule has 0 aliphatic carbocycles. The Morgan fingerprint density at radius 1 is 1.19 bits per heavy atom. The van der Waals surface area contributed by atoms with Crippen molar-refractivity contribution in [2.24, 2.45) is 0 Å². The highest BCUT2D eigenvalue weighted by Gasteiger charge is 2.22. The van der Waals surface area contributed by atoms with E-state index < -0.39 is 0 Å². The third-order valence-corrected chi connectivity index (χ3v) is 4.82. The first-order chi connectivity index (χ1) is 10.1. The van der Waals surface area contributed by atoms with Crippen LogP contribution in [0.25, 0.3) is 11.0 Å². The number of hydrogen-bond donors (Lipinski definition) is 0. The number of aromatic nitrogens is 4. The lowest BCUT2D eigenvalue weighted by Gasteiger charge is -2.28. The Balaban J connectivity index is 2.22. The van der Waals surface area contributed by atoms with Gasteiger partial charge >= 0.3 is 0 Å². The van der Waals surface area contributed by atoms with Gasteiger partial charge in [-0.3, -0.25) is 4.68 Å². The number of nitrogens with zero attached hydrogens (tertiary/aromatic N) is 5. The molecule has 0 atom stereocenters. The van der Waals surface area contributed by atoms with Gasteiger partial charge in [-0.25, -0.2) is 9.97 Å². The predicted octanol–water partition coefficient (Wildman–Crippen LogP) is 2.83. The van der Waals surface area contributed by atoms with Gasteiger partial charge in [-0.15, -0.1) is 0 Å². The van der Waals surface area contributed by atoms with E-state index in [-0.39, 0.29) is 0 Å². The molecule has 0 amide bonds. The second kappa shape index (κ2) is 5.83. The third-order valence-electron chi connectivity index (χ3n) is 3.88. The molecule has 0 aromatic carbocycles. The zero-order valence-electron chi connectivity index (χ0n) is 13.3. The lowest BCUT2D eigenvalue weighted by molar-refractivity contribution is 0.671. The maximum Gasteiger partial charge on any atom is 0.158 e. The maximum absolute atomic E-state index is 4.89. The normalized spacial score (nSPS) is 16.1. The van der Waals surface area contributed by atoms with Crippen molar-refractivity contribution in [1.82, 2.24) is 19.7 Å². The summed E-state index contributed by atoms with van der Waals surface area (Å²) in [6.45, 7) is 11.4. The van der Waals surface area contributed by atoms with Crippen LogP contribution in [0.15, 0.2) is 0 Å². The summed E-state index contributed by atoms with van der Waals surface area (Å²) in [5.41, 5.74) is 3.12. The van der Waals surface area contributed by atoms with Crippen LogP contribution in [0.3, 0.4) is 0 Å². The highest BCUT2D eigenvalue weighted by atomic mass is 32.2. The van der Waals surface area contributed by atoms with Crippen molar-refractivity contribution in [1.29, 1.82) is 0 Å². The Morgan fingerprint density at radius 3 is 2.52 bits per heavy atom. The predicted molar refractivity (Wildman–Crippen MR) is 89.4 cm³/mol. The van der Waals surface area contributed by atoms with E-state index in [0.29, 0.717) is 5.92 Å². The Kier molecular flexibility index (Phi) is 4.06. The monoisotopic (exact) mass is 305 g/mol. The van der Waals surface area contributed by atoms with Gasteiger partial charge in [0.2, 0.25) is 0 Å². The fraction of sp³-hybridized carbons (Fsp3) is 0.667. The van der Waals surface area contributed by atoms with E-state index in [0.717, 1.165) is 48.0 Å². The molecule has 114 valence electrons. The Hall–Kier alpha value is -1.30. The zero-order valence-corrected chi connectivity index (χ0v) is 14.1. The van der Waals surface area contributed by atoms with Gasteiger partial charge < -0.3 is 4.90 Å². The first kappa shape index (κ1) is 14.6. The number of rotatable bonds is 3. The van der Waals surface area contributed by atoms with Crippen LogP contribution in [0, 0.1) is 6.92 Å². The fourth-order valence-corrected chi connectivity index (χ4v) is 3.61. The molecule has 0 unspecified atom stereocenters. The quantitative estimate of drug-likeness (QED) is 0.872. The molecule has 1 fully saturated rings. The number of anilines is 1. The van der Waals surface area contributed by atoms with Crippen LogP contribution in [-0.4, -0.2) is 44.3 Å². The van der Waals surface area contributed by atoms with Gasteiger partial charge in [0.25, 0.3) is 0 Å². The number of fused-ring (bicyclic) bond motifs is 1. The molecule has 21 heavy (non-hydrogen) atoms. The summed E-state index contributed by atoms with van der Waals surface area (Å²) in [7, 11) is 0. The maximum atomic E-state index is 4.89. The lowest BCUT2D eigenvalue weighted by atomic mass is 10.2. The summed E-state index contributed by atoms with van der Waals surface area (Å²) in [6, 6.07) is 0. The van der Waals surface area contributed by atoms with Crippen LogP contribution in [0.1, 0.15) is 38.2 Å². The molecule has 1 aliphatic rings. The molecule has 0 N–H and O–H groups in total. The first-order valence-electron chi connectivity index (χ1n) is 7.69. The average Bonchev–Trinajstić information content (AvgIpc) is 2.84. The second-order valence-corrected chi connectivity index (χ2v) is 6.98. The van der Waals surface area contributed by atoms with Gasteiger partial charge in [-0.1, -0.05) is 13.8 Å². The molecule has 3 rings (SSSR count). The standard InChI is InChI=1S/C15H23N5S/c1-5-20-13-12(11(4)18-20)16-14(10(2)3)17-15(13)19-6-8-21-9-7-19/h10H,5-9H2,1-4H3. The molecule has 0 saturated carbocycles. The molecule has 0 spiro atoms. The summed E-state index contributed by atoms with van der Waals surface area (Å²) in [5, 5.41) is 4.65. The Morgan fingerprint density at radius 2 is 1.90 bits per heavy atom. The van der Waals surface area contributed by atoms with E-state index in [1.807, 2.05) is 23.4 Å². The van der Waals surface area contributed by atoms with Crippen molar-refractivity contribution in [3.8, 4) is 0 Å². The van der Waals surface area contributed by atoms with E-state index in [4.69, 9.17) is 9.97 Å². The Labute approximate surface area is 130 Å². The summed E-state index contributed by atoms with van der Waals surface area (Å²) in [6.07, 6.45) is 0. The molecular weight excluding hydrogens is 282 g/mol. The molecule has 5 nitrogen and oxygen atoms in total. The molecule has 1 saturated heterocycles. The van der Waals surface area contributed by atoms with Crippen LogP contribution in [0.5, 0.6) is 0 Å². The van der Waals surface area contributed by atoms with Gasteiger partial charge in [0.15, 0.2) is 5.82 Å². The van der Waals surface area contributed by atoms with E-state index in [1.54, 1.807) is 0 Å². The molecular formula is C15H23N5S. The van der Waals surface area contributed by atoms with Crippen molar-refractivity contribution in [3.63, 3.8) is 0 Å². The molecule has 0 radical (unpaired) electrons. The lowest BCUT2D eigenvalue weighted by Crippen LogP contribution is -2.34. The Bertz CT molecular complexity index is 643. The molecule has 2 aromatic heterocycles. The minimum atomic E-state index is 0.330. The number of aryl methyl sites for hydroxylation is 2.